The van der Waals surface area contributed by atoms with Crippen LogP contribution in [0.25, 0.3) is 11.1 Å². The number of benzene rings is 2. The molecule has 1 amide bonds. The van der Waals surface area contributed by atoms with Crippen molar-refractivity contribution in [2.45, 2.75) is 32.2 Å². The minimum Gasteiger partial charge on any atom is -0.598 e. The van der Waals surface area contributed by atoms with Gasteiger partial charge in [0, 0.05) is 29.2 Å². The predicted molar refractivity (Wildman–Crippen MR) is 114 cm³/mol. The number of hydrogen-bond acceptors (Lipinski definition) is 3. The van der Waals surface area contributed by atoms with Gasteiger partial charge < -0.3 is 9.45 Å². The zero-order valence-corrected chi connectivity index (χ0v) is 18.1. The van der Waals surface area contributed by atoms with E-state index in [4.69, 9.17) is 0 Å². The third-order valence-corrected chi connectivity index (χ3v) is 6.89. The van der Waals surface area contributed by atoms with E-state index in [-0.39, 0.29) is 34.8 Å². The van der Waals surface area contributed by atoms with E-state index >= 15 is 0 Å². The number of nitrogens with zero attached hydrogens (tertiary/aromatic N) is 1. The summed E-state index contributed by atoms with van der Waals surface area (Å²) >= 11 is -1.13. The van der Waals surface area contributed by atoms with Gasteiger partial charge in [0.1, 0.15) is 17.9 Å². The Morgan fingerprint density at radius 1 is 1.20 bits per heavy atom. The van der Waals surface area contributed by atoms with Crippen molar-refractivity contribution in [2.75, 3.05) is 19.3 Å². The highest BCUT2D eigenvalue weighted by Gasteiger charge is 2.54. The van der Waals surface area contributed by atoms with Crippen LogP contribution in [0.5, 0.6) is 0 Å². The molecule has 1 unspecified atom stereocenters. The number of amides is 1. The van der Waals surface area contributed by atoms with Crippen molar-refractivity contribution >= 4 is 17.3 Å². The van der Waals surface area contributed by atoms with Gasteiger partial charge in [0.05, 0.1) is 18.2 Å². The van der Waals surface area contributed by atoms with Gasteiger partial charge in [-0.3, -0.25) is 4.79 Å². The SMILES string of the molecule is C[S+]([O-])NC[C@H]1N(C(=O)[C@@H]2C[C@H]2c2ccccc2-c2c(F)cccc2F)CC1(C)C. The van der Waals surface area contributed by atoms with Crippen LogP contribution in [-0.2, 0) is 16.2 Å². The Kier molecular flexibility index (Phi) is 5.64. The molecule has 1 saturated carbocycles. The molecule has 0 spiro atoms. The summed E-state index contributed by atoms with van der Waals surface area (Å²) in [5.41, 5.74) is 1.24. The highest BCUT2D eigenvalue weighted by atomic mass is 32.2. The Labute approximate surface area is 179 Å². The maximum absolute atomic E-state index is 14.4. The highest BCUT2D eigenvalue weighted by Crippen LogP contribution is 2.53. The largest absolute Gasteiger partial charge is 0.598 e. The monoisotopic (exact) mass is 432 g/mol. The van der Waals surface area contributed by atoms with Crippen molar-refractivity contribution in [1.82, 2.24) is 9.62 Å². The third kappa shape index (κ3) is 3.86. The minimum absolute atomic E-state index is 0.0191. The molecule has 160 valence electrons. The molecule has 2 fully saturated rings. The van der Waals surface area contributed by atoms with E-state index < -0.39 is 23.0 Å². The maximum atomic E-state index is 14.4. The molecule has 1 saturated heterocycles. The molecular formula is C23H26F2N2O2S. The average Bonchev–Trinajstić information content (AvgIpc) is 3.46. The molecule has 4 rings (SSSR count). The van der Waals surface area contributed by atoms with Crippen molar-refractivity contribution in [1.29, 1.82) is 0 Å². The molecule has 2 aromatic carbocycles. The van der Waals surface area contributed by atoms with Gasteiger partial charge in [-0.1, -0.05) is 44.2 Å². The number of likely N-dealkylation sites (tertiary alicyclic amines) is 1. The van der Waals surface area contributed by atoms with Crippen molar-refractivity contribution in [3.05, 3.63) is 59.7 Å². The van der Waals surface area contributed by atoms with E-state index in [1.807, 2.05) is 17.0 Å². The molecular weight excluding hydrogens is 406 g/mol. The lowest BCUT2D eigenvalue weighted by Gasteiger charge is -2.54. The fraction of sp³-hybridized carbons (Fsp3) is 0.435. The third-order valence-electron chi connectivity index (χ3n) is 6.32. The van der Waals surface area contributed by atoms with Crippen LogP contribution in [0.15, 0.2) is 42.5 Å². The zero-order valence-electron chi connectivity index (χ0n) is 17.3. The van der Waals surface area contributed by atoms with E-state index in [0.29, 0.717) is 25.1 Å². The second-order valence-electron chi connectivity index (χ2n) is 8.91. The fourth-order valence-corrected chi connectivity index (χ4v) is 5.00. The Balaban J connectivity index is 1.54. The number of rotatable bonds is 6. The van der Waals surface area contributed by atoms with Gasteiger partial charge in [-0.05, 0) is 35.6 Å². The Bertz CT molecular complexity index is 946. The lowest BCUT2D eigenvalue weighted by Crippen LogP contribution is -2.67. The fourth-order valence-electron chi connectivity index (χ4n) is 4.61. The first-order chi connectivity index (χ1) is 14.2. The second-order valence-corrected chi connectivity index (χ2v) is 10.1. The molecule has 1 N–H and O–H groups in total. The smallest absolute Gasteiger partial charge is 0.226 e. The van der Waals surface area contributed by atoms with Crippen LogP contribution in [0.1, 0.15) is 31.7 Å². The highest BCUT2D eigenvalue weighted by molar-refractivity contribution is 7.88. The molecule has 30 heavy (non-hydrogen) atoms. The van der Waals surface area contributed by atoms with Gasteiger partial charge in [-0.25, -0.2) is 8.78 Å². The second kappa shape index (κ2) is 7.94. The van der Waals surface area contributed by atoms with Gasteiger partial charge in [0.15, 0.2) is 0 Å². The van der Waals surface area contributed by atoms with Crippen molar-refractivity contribution in [2.24, 2.45) is 11.3 Å². The predicted octanol–water partition coefficient (Wildman–Crippen LogP) is 3.86. The summed E-state index contributed by atoms with van der Waals surface area (Å²) in [5, 5.41) is 0. The Morgan fingerprint density at radius 3 is 2.50 bits per heavy atom. The number of nitrogens with one attached hydrogen (secondary N) is 1. The van der Waals surface area contributed by atoms with Crippen LogP contribution in [0, 0.1) is 23.0 Å². The van der Waals surface area contributed by atoms with Crippen molar-refractivity contribution in [3.63, 3.8) is 0 Å². The number of carbonyl (C=O) groups excluding carboxylic acids is 1. The topological polar surface area (TPSA) is 55.4 Å². The summed E-state index contributed by atoms with van der Waals surface area (Å²) in [5.74, 6) is -1.38. The van der Waals surface area contributed by atoms with Crippen LogP contribution in [0.4, 0.5) is 8.78 Å². The number of carbonyl (C=O) groups is 1. The van der Waals surface area contributed by atoms with Crippen LogP contribution in [0.3, 0.4) is 0 Å². The lowest BCUT2D eigenvalue weighted by molar-refractivity contribution is -0.152. The molecule has 4 nitrogen and oxygen atoms in total. The van der Waals surface area contributed by atoms with Crippen LogP contribution in [0.2, 0.25) is 0 Å². The van der Waals surface area contributed by atoms with E-state index in [0.717, 1.165) is 5.56 Å². The standard InChI is InChI=1S/C23H26F2N2O2S/c1-23(2)13-27(20(23)12-26-30(3)29)22(28)17-11-16(17)14-7-4-5-8-15(14)21-18(24)9-6-10-19(21)25/h4-10,16-17,20,26H,11-13H2,1-3H3/t16-,17+,20+,30?/m0/s1. The van der Waals surface area contributed by atoms with Crippen molar-refractivity contribution in [3.8, 4) is 11.1 Å². The normalized spacial score (nSPS) is 25.5. The minimum atomic E-state index is -1.13. The first-order valence-electron chi connectivity index (χ1n) is 10.1. The summed E-state index contributed by atoms with van der Waals surface area (Å²) < 4.78 is 43.1. The molecule has 1 aliphatic carbocycles. The molecule has 0 aromatic heterocycles. The average molecular weight is 433 g/mol. The number of halogens is 2. The maximum Gasteiger partial charge on any atom is 0.226 e. The van der Waals surface area contributed by atoms with E-state index in [9.17, 15) is 18.1 Å². The summed E-state index contributed by atoms with van der Waals surface area (Å²) in [6, 6.07) is 11.0. The van der Waals surface area contributed by atoms with E-state index in [1.54, 1.807) is 18.4 Å². The van der Waals surface area contributed by atoms with E-state index in [1.165, 1.54) is 18.2 Å². The molecule has 7 heteroatoms. The Hall–Kier alpha value is -1.96. The quantitative estimate of drug-likeness (QED) is 0.706. The molecule has 1 heterocycles. The van der Waals surface area contributed by atoms with Gasteiger partial charge in [0.25, 0.3) is 0 Å². The molecule has 4 atom stereocenters. The van der Waals surface area contributed by atoms with Crippen LogP contribution < -0.4 is 4.72 Å². The summed E-state index contributed by atoms with van der Waals surface area (Å²) in [4.78, 5) is 15.0. The van der Waals surface area contributed by atoms with Gasteiger partial charge in [0.2, 0.25) is 5.91 Å². The molecule has 2 aromatic rings. The van der Waals surface area contributed by atoms with Gasteiger partial charge in [-0.2, -0.15) is 0 Å². The summed E-state index contributed by atoms with van der Waals surface area (Å²) in [6.45, 7) is 5.34. The van der Waals surface area contributed by atoms with Crippen LogP contribution in [-0.4, -0.2) is 40.7 Å². The molecule has 0 bridgehead atoms. The molecule has 1 aliphatic heterocycles. The zero-order chi connectivity index (χ0) is 21.6. The van der Waals surface area contributed by atoms with Gasteiger partial charge >= 0.3 is 0 Å². The first-order valence-corrected chi connectivity index (χ1v) is 11.7. The molecule has 2 aliphatic rings. The summed E-state index contributed by atoms with van der Waals surface area (Å²) in [6.07, 6.45) is 2.25. The van der Waals surface area contributed by atoms with Crippen molar-refractivity contribution < 1.29 is 18.1 Å². The first kappa shape index (κ1) is 21.3. The summed E-state index contributed by atoms with van der Waals surface area (Å²) in [7, 11) is 0. The van der Waals surface area contributed by atoms with Crippen LogP contribution >= 0.6 is 0 Å². The lowest BCUT2D eigenvalue weighted by atomic mass is 9.74. The van der Waals surface area contributed by atoms with Gasteiger partial charge in [-0.15, -0.1) is 4.72 Å². The number of hydrogen-bond donors (Lipinski definition) is 1. The van der Waals surface area contributed by atoms with E-state index in [2.05, 4.69) is 18.6 Å². The Morgan fingerprint density at radius 2 is 1.87 bits per heavy atom. The molecule has 0 radical (unpaired) electrons.